The molecule has 0 saturated carbocycles. The summed E-state index contributed by atoms with van der Waals surface area (Å²) in [5.41, 5.74) is 0. The van der Waals surface area contributed by atoms with E-state index in [9.17, 15) is 0 Å². The van der Waals surface area contributed by atoms with E-state index < -0.39 is 5.97 Å². The number of carboxylic acids is 1. The molecule has 0 aliphatic carbocycles. The van der Waals surface area contributed by atoms with E-state index in [-0.39, 0.29) is 23.7 Å². The van der Waals surface area contributed by atoms with Gasteiger partial charge in [0.1, 0.15) is 0 Å². The van der Waals surface area contributed by atoms with Crippen LogP contribution in [0, 0.1) is 0 Å². The maximum Gasteiger partial charge on any atom is 0.300 e. The quantitative estimate of drug-likeness (QED) is 0.663. The number of carboxylic acid groups (broad SMARTS) is 1. The topological polar surface area (TPSA) is 37.3 Å². The zero-order valence-electron chi connectivity index (χ0n) is 5.82. The summed E-state index contributed by atoms with van der Waals surface area (Å²) >= 11 is -0.380. The third kappa shape index (κ3) is 10.7. The molecule has 1 rings (SSSR count). The van der Waals surface area contributed by atoms with Crippen molar-refractivity contribution in [3.05, 3.63) is 21.9 Å². The molecule has 0 fully saturated rings. The minimum absolute atomic E-state index is 0.380. The molecule has 0 spiro atoms. The summed E-state index contributed by atoms with van der Waals surface area (Å²) in [6.07, 6.45) is 6.38. The van der Waals surface area contributed by atoms with Crippen LogP contribution in [0.25, 0.3) is 0 Å². The van der Waals surface area contributed by atoms with Crippen molar-refractivity contribution >= 4 is 33.3 Å². The van der Waals surface area contributed by atoms with Gasteiger partial charge in [-0.15, -0.1) is 0 Å². The predicted octanol–water partition coefficient (Wildman–Crippen LogP) is 0.667. The molecule has 0 aromatic heterocycles. The van der Waals surface area contributed by atoms with Crippen LogP contribution < -0.4 is 0 Å². The molecule has 0 bridgehead atoms. The zero-order chi connectivity index (χ0) is 7.82. The Hall–Kier alpha value is -0.258. The normalized spacial score (nSPS) is 11.3. The molecule has 1 N–H and O–H groups in total. The summed E-state index contributed by atoms with van der Waals surface area (Å²) in [5.74, 6) is -0.833. The van der Waals surface area contributed by atoms with Crippen LogP contribution in [0.3, 0.4) is 0 Å². The van der Waals surface area contributed by atoms with E-state index >= 15 is 0 Å². The first-order chi connectivity index (χ1) is 4.73. The van der Waals surface area contributed by atoms with Crippen LogP contribution in [0.2, 0.25) is 0 Å². The molecular weight excluding hydrogens is 320 g/mol. The molecule has 0 unspecified atom stereocenters. The van der Waals surface area contributed by atoms with Crippen molar-refractivity contribution in [1.82, 2.24) is 0 Å². The van der Waals surface area contributed by atoms with Gasteiger partial charge in [0, 0.05) is 6.92 Å². The van der Waals surface area contributed by atoms with Gasteiger partial charge in [-0.05, 0) is 0 Å². The summed E-state index contributed by atoms with van der Waals surface area (Å²) in [7, 11) is 0. The van der Waals surface area contributed by atoms with Gasteiger partial charge in [0.15, 0.2) is 0 Å². The smallest absolute Gasteiger partial charge is 0.300 e. The molecule has 0 radical (unpaired) electrons. The molecule has 0 amide bonds. The predicted molar refractivity (Wildman–Crippen MR) is 43.4 cm³/mol. The fourth-order valence-electron chi connectivity index (χ4n) is 0.385. The zero-order valence-corrected chi connectivity index (χ0v) is 10.3. The molecule has 0 aromatic carbocycles. The summed E-state index contributed by atoms with van der Waals surface area (Å²) in [6.45, 7) is 1.08. The van der Waals surface area contributed by atoms with Gasteiger partial charge in [-0.3, -0.25) is 4.79 Å². The SMILES string of the molecule is C1=C[CH]=[Tl][CH]=C1.CC(=O)O. The number of allylic oxidation sites excluding steroid dienone is 3. The van der Waals surface area contributed by atoms with Crippen molar-refractivity contribution in [3.63, 3.8) is 0 Å². The van der Waals surface area contributed by atoms with E-state index in [1.807, 2.05) is 0 Å². The molecule has 1 aliphatic heterocycles. The van der Waals surface area contributed by atoms with Gasteiger partial charge < -0.3 is 5.11 Å². The van der Waals surface area contributed by atoms with Crippen LogP contribution in [0.4, 0.5) is 0 Å². The minimum Gasteiger partial charge on any atom is -0.481 e. The number of carbonyl (C=O) groups is 1. The Morgan fingerprint density at radius 2 is 2.00 bits per heavy atom. The fraction of sp³-hybridized carbons (Fsp3) is 0.143. The van der Waals surface area contributed by atoms with Crippen LogP contribution in [-0.2, 0) is 4.79 Å². The van der Waals surface area contributed by atoms with Gasteiger partial charge in [-0.1, -0.05) is 0 Å². The molecular formula is C7H9O2Tl. The maximum atomic E-state index is 9.00. The second-order valence-electron chi connectivity index (χ2n) is 1.67. The third-order valence-corrected chi connectivity index (χ3v) is 4.12. The minimum atomic E-state index is -0.833. The molecule has 1 heterocycles. The van der Waals surface area contributed by atoms with Gasteiger partial charge in [-0.2, -0.15) is 0 Å². The Bertz CT molecular complexity index is 140. The second-order valence-corrected chi connectivity index (χ2v) is 6.16. The van der Waals surface area contributed by atoms with Crippen molar-refractivity contribution in [3.8, 4) is 0 Å². The number of aliphatic carboxylic acids is 1. The summed E-state index contributed by atoms with van der Waals surface area (Å²) in [6, 6.07) is 0. The Balaban J connectivity index is 0.000000180. The Morgan fingerprint density at radius 1 is 1.40 bits per heavy atom. The second kappa shape index (κ2) is 6.86. The van der Waals surface area contributed by atoms with E-state index in [4.69, 9.17) is 9.90 Å². The van der Waals surface area contributed by atoms with Crippen molar-refractivity contribution in [2.24, 2.45) is 0 Å². The fourth-order valence-corrected chi connectivity index (χ4v) is 2.88. The van der Waals surface area contributed by atoms with Gasteiger partial charge in [0.2, 0.25) is 0 Å². The molecule has 2 nitrogen and oxygen atoms in total. The molecule has 10 heavy (non-hydrogen) atoms. The van der Waals surface area contributed by atoms with Crippen molar-refractivity contribution in [2.75, 3.05) is 0 Å². The first kappa shape index (κ1) is 9.74. The van der Waals surface area contributed by atoms with Gasteiger partial charge in [0.25, 0.3) is 5.97 Å². The summed E-state index contributed by atoms with van der Waals surface area (Å²) in [4.78, 5) is 9.00. The Kier molecular flexibility index (Phi) is 6.68. The monoisotopic (exact) mass is 330 g/mol. The third-order valence-electron chi connectivity index (χ3n) is 0.667. The average Bonchev–Trinajstić information content (AvgIpc) is 1.90. The standard InChI is InChI=1S/C5H5.C2H4O2.Tl/c1-3-5-4-2;1-2(3)4;/h1-5H;1H3,(H,3,4);. The van der Waals surface area contributed by atoms with Crippen LogP contribution in [-0.4, -0.2) is 38.4 Å². The van der Waals surface area contributed by atoms with Crippen molar-refractivity contribution in [2.45, 2.75) is 6.92 Å². The largest absolute Gasteiger partial charge is 0.481 e. The molecule has 0 atom stereocenters. The van der Waals surface area contributed by atoms with E-state index in [2.05, 4.69) is 25.4 Å². The van der Waals surface area contributed by atoms with Gasteiger partial charge >= 0.3 is 49.2 Å². The first-order valence-corrected chi connectivity index (χ1v) is 8.11. The number of hydrogen-bond donors (Lipinski definition) is 1. The maximum absolute atomic E-state index is 9.00. The van der Waals surface area contributed by atoms with E-state index in [1.165, 1.54) is 0 Å². The van der Waals surface area contributed by atoms with Crippen molar-refractivity contribution < 1.29 is 9.90 Å². The molecule has 3 heteroatoms. The van der Waals surface area contributed by atoms with E-state index in [0.29, 0.717) is 0 Å². The van der Waals surface area contributed by atoms with E-state index in [0.717, 1.165) is 6.92 Å². The molecule has 0 aromatic rings. The first-order valence-electron chi connectivity index (χ1n) is 2.93. The number of rotatable bonds is 0. The van der Waals surface area contributed by atoms with Gasteiger partial charge in [0.05, 0.1) is 0 Å². The average molecular weight is 330 g/mol. The Labute approximate surface area is 71.9 Å². The van der Waals surface area contributed by atoms with Crippen LogP contribution >= 0.6 is 0 Å². The van der Waals surface area contributed by atoms with Crippen LogP contribution in [0.15, 0.2) is 21.9 Å². The van der Waals surface area contributed by atoms with E-state index in [1.54, 1.807) is 0 Å². The summed E-state index contributed by atoms with van der Waals surface area (Å²) in [5, 5.41) is 7.42. The molecule has 1 aliphatic rings. The molecule has 52 valence electrons. The van der Waals surface area contributed by atoms with Crippen LogP contribution in [0.5, 0.6) is 0 Å². The summed E-state index contributed by atoms with van der Waals surface area (Å²) < 4.78 is 4.67. The van der Waals surface area contributed by atoms with Crippen LogP contribution in [0.1, 0.15) is 6.92 Å². The Morgan fingerprint density at radius 3 is 2.10 bits per heavy atom. The molecule has 0 saturated heterocycles. The number of hydrogen-bond acceptors (Lipinski definition) is 1. The van der Waals surface area contributed by atoms with Gasteiger partial charge in [-0.25, -0.2) is 0 Å². The van der Waals surface area contributed by atoms with Crippen molar-refractivity contribution in [1.29, 1.82) is 0 Å².